The molecule has 2 amide bonds. The second-order valence-corrected chi connectivity index (χ2v) is 7.57. The summed E-state index contributed by atoms with van der Waals surface area (Å²) in [5.74, 6) is 0.914. The Hall–Kier alpha value is -4.84. The fourth-order valence-electron chi connectivity index (χ4n) is 3.47. The minimum atomic E-state index is -0.343. The number of carbonyl (C=O) groups is 2. The van der Waals surface area contributed by atoms with E-state index in [4.69, 9.17) is 8.83 Å². The molecule has 0 fully saturated rings. The SMILES string of the molecule is O=C(/C=C/c1ccc(-c2ccccc2)o1)Nc1ccc(NC(=O)c2cc3ccccc3o2)cc1. The van der Waals surface area contributed by atoms with Crippen LogP contribution in [0, 0.1) is 0 Å². The molecule has 0 saturated heterocycles. The molecule has 5 rings (SSSR count). The molecule has 2 N–H and O–H groups in total. The zero-order valence-electron chi connectivity index (χ0n) is 18.0. The smallest absolute Gasteiger partial charge is 0.291 e. The van der Waals surface area contributed by atoms with Gasteiger partial charge in [-0.3, -0.25) is 9.59 Å². The predicted octanol–water partition coefficient (Wildman–Crippen LogP) is 6.60. The van der Waals surface area contributed by atoms with E-state index in [0.29, 0.717) is 22.7 Å². The topological polar surface area (TPSA) is 84.5 Å². The molecular formula is C28H20N2O4. The van der Waals surface area contributed by atoms with Crippen molar-refractivity contribution in [1.82, 2.24) is 0 Å². The summed E-state index contributed by atoms with van der Waals surface area (Å²) in [5, 5.41) is 6.44. The number of amides is 2. The summed E-state index contributed by atoms with van der Waals surface area (Å²) >= 11 is 0. The lowest BCUT2D eigenvalue weighted by atomic mass is 10.2. The van der Waals surface area contributed by atoms with Crippen LogP contribution in [0.5, 0.6) is 0 Å². The van der Waals surface area contributed by atoms with Gasteiger partial charge in [-0.15, -0.1) is 0 Å². The molecule has 0 aliphatic heterocycles. The number of carbonyl (C=O) groups excluding carboxylic acids is 2. The average Bonchev–Trinajstić information content (AvgIpc) is 3.52. The van der Waals surface area contributed by atoms with Gasteiger partial charge in [0.15, 0.2) is 5.76 Å². The largest absolute Gasteiger partial charge is 0.457 e. The van der Waals surface area contributed by atoms with E-state index in [1.54, 1.807) is 36.4 Å². The van der Waals surface area contributed by atoms with Gasteiger partial charge < -0.3 is 19.5 Å². The van der Waals surface area contributed by atoms with Crippen molar-refractivity contribution in [1.29, 1.82) is 0 Å². The lowest BCUT2D eigenvalue weighted by Gasteiger charge is -2.06. The minimum absolute atomic E-state index is 0.233. The van der Waals surface area contributed by atoms with Gasteiger partial charge in [-0.25, -0.2) is 0 Å². The molecule has 0 radical (unpaired) electrons. The van der Waals surface area contributed by atoms with Crippen LogP contribution >= 0.6 is 0 Å². The molecule has 0 unspecified atom stereocenters. The van der Waals surface area contributed by atoms with Gasteiger partial charge in [-0.1, -0.05) is 48.5 Å². The highest BCUT2D eigenvalue weighted by atomic mass is 16.3. The van der Waals surface area contributed by atoms with Crippen molar-refractivity contribution < 1.29 is 18.4 Å². The zero-order chi connectivity index (χ0) is 23.3. The van der Waals surface area contributed by atoms with Crippen LogP contribution in [0.4, 0.5) is 11.4 Å². The van der Waals surface area contributed by atoms with Crippen LogP contribution in [-0.2, 0) is 4.79 Å². The monoisotopic (exact) mass is 448 g/mol. The van der Waals surface area contributed by atoms with Crippen molar-refractivity contribution in [3.8, 4) is 11.3 Å². The molecule has 166 valence electrons. The van der Waals surface area contributed by atoms with E-state index in [9.17, 15) is 9.59 Å². The summed E-state index contributed by atoms with van der Waals surface area (Å²) in [6.07, 6.45) is 3.02. The summed E-state index contributed by atoms with van der Waals surface area (Å²) in [4.78, 5) is 24.7. The van der Waals surface area contributed by atoms with Gasteiger partial charge in [-0.2, -0.15) is 0 Å². The van der Waals surface area contributed by atoms with E-state index in [0.717, 1.165) is 16.7 Å². The fourth-order valence-corrected chi connectivity index (χ4v) is 3.47. The van der Waals surface area contributed by atoms with Crippen molar-refractivity contribution in [2.24, 2.45) is 0 Å². The van der Waals surface area contributed by atoms with Gasteiger partial charge in [0.1, 0.15) is 17.1 Å². The molecule has 0 atom stereocenters. The number of rotatable bonds is 6. The van der Waals surface area contributed by atoms with Gasteiger partial charge in [0.2, 0.25) is 5.91 Å². The Labute approximate surface area is 195 Å². The fraction of sp³-hybridized carbons (Fsp3) is 0. The second kappa shape index (κ2) is 9.34. The summed E-state index contributed by atoms with van der Waals surface area (Å²) < 4.78 is 11.3. The van der Waals surface area contributed by atoms with Crippen molar-refractivity contribution in [2.75, 3.05) is 10.6 Å². The van der Waals surface area contributed by atoms with Crippen LogP contribution < -0.4 is 10.6 Å². The summed E-state index contributed by atoms with van der Waals surface area (Å²) in [6.45, 7) is 0. The highest BCUT2D eigenvalue weighted by molar-refractivity contribution is 6.05. The second-order valence-electron chi connectivity index (χ2n) is 7.57. The number of para-hydroxylation sites is 1. The van der Waals surface area contributed by atoms with E-state index < -0.39 is 0 Å². The Kier molecular flexibility index (Phi) is 5.78. The van der Waals surface area contributed by atoms with E-state index in [1.807, 2.05) is 66.7 Å². The Morgan fingerprint density at radius 3 is 2.18 bits per heavy atom. The maximum absolute atomic E-state index is 12.5. The van der Waals surface area contributed by atoms with E-state index >= 15 is 0 Å². The van der Waals surface area contributed by atoms with Gasteiger partial charge in [-0.05, 0) is 54.6 Å². The lowest BCUT2D eigenvalue weighted by molar-refractivity contribution is -0.111. The van der Waals surface area contributed by atoms with E-state index in [2.05, 4.69) is 10.6 Å². The molecule has 3 aromatic carbocycles. The molecular weight excluding hydrogens is 428 g/mol. The first kappa shape index (κ1) is 21.0. The zero-order valence-corrected chi connectivity index (χ0v) is 18.0. The molecule has 5 aromatic rings. The Bertz CT molecular complexity index is 1440. The summed E-state index contributed by atoms with van der Waals surface area (Å²) in [7, 11) is 0. The molecule has 6 heteroatoms. The molecule has 6 nitrogen and oxygen atoms in total. The highest BCUT2D eigenvalue weighted by Gasteiger charge is 2.12. The molecule has 2 heterocycles. The average molecular weight is 448 g/mol. The third kappa shape index (κ3) is 4.81. The van der Waals surface area contributed by atoms with Crippen molar-refractivity contribution in [2.45, 2.75) is 0 Å². The molecule has 0 saturated carbocycles. The van der Waals surface area contributed by atoms with Crippen LogP contribution in [0.3, 0.4) is 0 Å². The minimum Gasteiger partial charge on any atom is -0.457 e. The van der Waals surface area contributed by atoms with Crippen LogP contribution in [-0.4, -0.2) is 11.8 Å². The molecule has 0 aliphatic rings. The maximum Gasteiger partial charge on any atom is 0.291 e. The van der Waals surface area contributed by atoms with E-state index in [1.165, 1.54) is 6.08 Å². The Morgan fingerprint density at radius 2 is 1.41 bits per heavy atom. The third-order valence-electron chi connectivity index (χ3n) is 5.14. The van der Waals surface area contributed by atoms with Crippen LogP contribution in [0.25, 0.3) is 28.4 Å². The number of fused-ring (bicyclic) bond motifs is 1. The van der Waals surface area contributed by atoms with Crippen molar-refractivity contribution >= 4 is 40.2 Å². The summed E-state index contributed by atoms with van der Waals surface area (Å²) in [6, 6.07) is 29.4. The molecule has 34 heavy (non-hydrogen) atoms. The summed E-state index contributed by atoms with van der Waals surface area (Å²) in [5.41, 5.74) is 2.81. The molecule has 2 aromatic heterocycles. The predicted molar refractivity (Wildman–Crippen MR) is 132 cm³/mol. The first-order valence-electron chi connectivity index (χ1n) is 10.7. The van der Waals surface area contributed by atoms with Gasteiger partial charge >= 0.3 is 0 Å². The van der Waals surface area contributed by atoms with Crippen LogP contribution in [0.1, 0.15) is 16.3 Å². The first-order valence-corrected chi connectivity index (χ1v) is 10.7. The number of nitrogens with one attached hydrogen (secondary N) is 2. The van der Waals surface area contributed by atoms with Gasteiger partial charge in [0.25, 0.3) is 5.91 Å². The van der Waals surface area contributed by atoms with Crippen molar-refractivity contribution in [3.63, 3.8) is 0 Å². The number of hydrogen-bond donors (Lipinski definition) is 2. The number of benzene rings is 3. The first-order chi connectivity index (χ1) is 16.6. The molecule has 0 aliphatic carbocycles. The number of hydrogen-bond acceptors (Lipinski definition) is 4. The maximum atomic E-state index is 12.5. The molecule has 0 spiro atoms. The van der Waals surface area contributed by atoms with Gasteiger partial charge in [0.05, 0.1) is 0 Å². The van der Waals surface area contributed by atoms with Crippen LogP contribution in [0.2, 0.25) is 0 Å². The highest BCUT2D eigenvalue weighted by Crippen LogP contribution is 2.23. The Morgan fingerprint density at radius 1 is 0.706 bits per heavy atom. The van der Waals surface area contributed by atoms with Gasteiger partial charge in [0, 0.05) is 28.4 Å². The van der Waals surface area contributed by atoms with E-state index in [-0.39, 0.29) is 17.6 Å². The lowest BCUT2D eigenvalue weighted by Crippen LogP contribution is -2.11. The Balaban J connectivity index is 1.17. The van der Waals surface area contributed by atoms with Crippen molar-refractivity contribution in [3.05, 3.63) is 115 Å². The molecule has 0 bridgehead atoms. The standard InChI is InChI=1S/C28H20N2O4/c31-27(17-15-23-14-16-25(33-23)19-6-2-1-3-7-19)29-21-10-12-22(13-11-21)30-28(32)26-18-20-8-4-5-9-24(20)34-26/h1-18H,(H,29,31)(H,30,32)/b17-15+. The number of anilines is 2. The quantitative estimate of drug-likeness (QED) is 0.287. The normalized spacial score (nSPS) is 11.1. The third-order valence-corrected chi connectivity index (χ3v) is 5.14. The number of furan rings is 2. The van der Waals surface area contributed by atoms with Crippen LogP contribution in [0.15, 0.2) is 112 Å².